The molecule has 3 rings (SSSR count). The molecule has 168 valence electrons. The molecule has 0 aromatic carbocycles. The minimum Gasteiger partial charge on any atom is -0.724 e. The maximum atomic E-state index is 12.7. The van der Waals surface area contributed by atoms with Gasteiger partial charge in [0.2, 0.25) is 16.3 Å². The Morgan fingerprint density at radius 3 is 2.35 bits per heavy atom. The zero-order valence-corrected chi connectivity index (χ0v) is 20.8. The van der Waals surface area contributed by atoms with Crippen LogP contribution < -0.4 is 34.9 Å². The van der Waals surface area contributed by atoms with Crippen molar-refractivity contribution in [3.05, 3.63) is 12.2 Å². The number of piperidine rings is 1. The molecule has 2 saturated heterocycles. The summed E-state index contributed by atoms with van der Waals surface area (Å²) in [6.07, 6.45) is 3.59. The van der Waals surface area contributed by atoms with Crippen LogP contribution in [-0.4, -0.2) is 89.2 Å². The number of nitrogens with one attached hydrogen (secondary N) is 1. The second kappa shape index (κ2) is 9.63. The van der Waals surface area contributed by atoms with Crippen molar-refractivity contribution in [1.29, 1.82) is 0 Å². The average Bonchev–Trinajstić information content (AvgIpc) is 2.84. The maximum absolute atomic E-state index is 12.7. The molecule has 31 heavy (non-hydrogen) atoms. The van der Waals surface area contributed by atoms with E-state index in [2.05, 4.69) is 9.60 Å². The molecule has 3 aliphatic heterocycles. The quantitative estimate of drug-likeness (QED) is 0.198. The summed E-state index contributed by atoms with van der Waals surface area (Å²) in [5.41, 5.74) is -0.585. The number of carbonyl (C=O) groups excluding carboxylic acids is 3. The zero-order valence-electron chi connectivity index (χ0n) is 17.9. The van der Waals surface area contributed by atoms with E-state index < -0.39 is 46.1 Å². The molecule has 3 aliphatic rings. The number of likely N-dealkylation sites (tertiary alicyclic amines) is 1. The van der Waals surface area contributed by atoms with Crippen LogP contribution in [0.15, 0.2) is 12.2 Å². The molecule has 12 nitrogen and oxygen atoms in total. The van der Waals surface area contributed by atoms with E-state index in [9.17, 15) is 27.4 Å². The van der Waals surface area contributed by atoms with Crippen LogP contribution in [0, 0.1) is 0 Å². The van der Waals surface area contributed by atoms with Gasteiger partial charge in [-0.15, -0.1) is 0 Å². The first kappa shape index (κ1) is 25.9. The minimum absolute atomic E-state index is 0. The van der Waals surface area contributed by atoms with E-state index in [1.807, 2.05) is 0 Å². The molecule has 0 radical (unpaired) electrons. The number of urea groups is 1. The normalized spacial score (nSPS) is 24.1. The Morgan fingerprint density at radius 2 is 1.81 bits per heavy atom. The molecule has 1 N–H and O–H groups in total. The first-order valence-corrected chi connectivity index (χ1v) is 10.9. The van der Waals surface area contributed by atoms with Crippen LogP contribution in [0.25, 0.3) is 0 Å². The summed E-state index contributed by atoms with van der Waals surface area (Å²) in [5, 5.41) is 3.32. The van der Waals surface area contributed by atoms with Crippen molar-refractivity contribution in [3.8, 4) is 0 Å². The van der Waals surface area contributed by atoms with Crippen molar-refractivity contribution in [2.24, 2.45) is 0 Å². The summed E-state index contributed by atoms with van der Waals surface area (Å²) in [6, 6.07) is -2.76. The van der Waals surface area contributed by atoms with Gasteiger partial charge in [-0.1, -0.05) is 12.2 Å². The summed E-state index contributed by atoms with van der Waals surface area (Å²) in [7, 11) is -5.11. The van der Waals surface area contributed by atoms with Gasteiger partial charge in [-0.2, -0.15) is 9.35 Å². The Bertz CT molecular complexity index is 851. The second-order valence-corrected chi connectivity index (χ2v) is 9.36. The van der Waals surface area contributed by atoms with E-state index in [1.54, 1.807) is 25.7 Å². The molecule has 0 aromatic heterocycles. The van der Waals surface area contributed by atoms with Gasteiger partial charge in [0, 0.05) is 19.1 Å². The first-order valence-electron chi connectivity index (χ1n) is 9.56. The second-order valence-electron chi connectivity index (χ2n) is 8.39. The monoisotopic (exact) mass is 468 g/mol. The minimum atomic E-state index is -5.11. The fraction of sp³-hybridized carbons (Fsp3) is 0.706. The molecule has 0 unspecified atom stereocenters. The standard InChI is InChI=1S/C17H26N4O8S.Na/c1-17(2,3)28-16(24)19-8-6-11(7-9-19)18-14(22)13-5-4-12-10-20(13)15(23)21(12)29-30(25,26)27;/h4-5,11-13H,6-10H2,1-3H3,(H,18,22)(H,25,26,27);/q;+1/p-1/t12-,13+;/m1./s1. The Labute approximate surface area is 203 Å². The number of rotatable bonds is 4. The molecule has 0 aromatic rings. The molecule has 0 saturated carbocycles. The van der Waals surface area contributed by atoms with Crippen molar-refractivity contribution < 1.29 is 65.9 Å². The number of hydrogen-bond acceptors (Lipinski definition) is 8. The molecule has 2 fully saturated rings. The average molecular weight is 468 g/mol. The SMILES string of the molecule is CC(C)(C)OC(=O)N1CCC(NC(=O)[C@@H]2C=C[C@@H]3CN2C(=O)N3OS(=O)(=O)[O-])CC1.[Na+]. The van der Waals surface area contributed by atoms with Crippen molar-refractivity contribution in [3.63, 3.8) is 0 Å². The third kappa shape index (κ3) is 6.56. The molecule has 3 heterocycles. The maximum Gasteiger partial charge on any atom is 1.00 e. The van der Waals surface area contributed by atoms with Crippen LogP contribution in [0.1, 0.15) is 33.6 Å². The van der Waals surface area contributed by atoms with Crippen molar-refractivity contribution in [2.75, 3.05) is 19.6 Å². The van der Waals surface area contributed by atoms with E-state index in [1.165, 1.54) is 12.2 Å². The number of hydrogen-bond donors (Lipinski definition) is 1. The molecule has 2 bridgehead atoms. The number of fused-ring (bicyclic) bond motifs is 2. The molecule has 0 spiro atoms. The largest absolute Gasteiger partial charge is 1.00 e. The van der Waals surface area contributed by atoms with E-state index in [-0.39, 0.29) is 42.1 Å². The van der Waals surface area contributed by atoms with E-state index in [0.29, 0.717) is 31.0 Å². The number of ether oxygens (including phenoxy) is 1. The van der Waals surface area contributed by atoms with Crippen LogP contribution in [0.4, 0.5) is 9.59 Å². The topological polar surface area (TPSA) is 149 Å². The van der Waals surface area contributed by atoms with Gasteiger partial charge in [0.05, 0.1) is 12.6 Å². The summed E-state index contributed by atoms with van der Waals surface area (Å²) >= 11 is 0. The number of hydroxylamine groups is 2. The van der Waals surface area contributed by atoms with Gasteiger partial charge in [-0.3, -0.25) is 4.79 Å². The molecule has 14 heteroatoms. The van der Waals surface area contributed by atoms with Crippen molar-refractivity contribution >= 4 is 28.4 Å². The summed E-state index contributed by atoms with van der Waals surface area (Å²) < 4.78 is 42.0. The smallest absolute Gasteiger partial charge is 0.724 e. The number of carbonyl (C=O) groups is 3. The van der Waals surface area contributed by atoms with Crippen LogP contribution in [0.5, 0.6) is 0 Å². The Hall–Kier alpha value is -1.38. The fourth-order valence-corrected chi connectivity index (χ4v) is 3.94. The zero-order chi connectivity index (χ0) is 22.3. The van der Waals surface area contributed by atoms with Crippen LogP contribution >= 0.6 is 0 Å². The van der Waals surface area contributed by atoms with Crippen LogP contribution in [0.2, 0.25) is 0 Å². The van der Waals surface area contributed by atoms with Gasteiger partial charge in [-0.05, 0) is 33.6 Å². The molecular formula is C17H25N4NaO8S. The van der Waals surface area contributed by atoms with Crippen molar-refractivity contribution in [2.45, 2.75) is 57.3 Å². The summed E-state index contributed by atoms with van der Waals surface area (Å²) in [5.74, 6) is -0.430. The van der Waals surface area contributed by atoms with Gasteiger partial charge in [0.15, 0.2) is 0 Å². The van der Waals surface area contributed by atoms with Gasteiger partial charge in [-0.25, -0.2) is 18.0 Å². The van der Waals surface area contributed by atoms with E-state index in [4.69, 9.17) is 4.74 Å². The molecule has 4 amide bonds. The Balaban J connectivity index is 0.00000341. The molecule has 2 atom stereocenters. The van der Waals surface area contributed by atoms with Gasteiger partial charge < -0.3 is 24.4 Å². The third-order valence-electron chi connectivity index (χ3n) is 4.90. The fourth-order valence-electron chi connectivity index (χ4n) is 3.57. The Morgan fingerprint density at radius 1 is 1.19 bits per heavy atom. The van der Waals surface area contributed by atoms with Crippen LogP contribution in [0.3, 0.4) is 0 Å². The predicted molar refractivity (Wildman–Crippen MR) is 100 cm³/mol. The van der Waals surface area contributed by atoms with E-state index in [0.717, 1.165) is 4.90 Å². The van der Waals surface area contributed by atoms with Gasteiger partial charge in [0.25, 0.3) is 0 Å². The number of nitrogens with zero attached hydrogens (tertiary/aromatic N) is 3. The third-order valence-corrected chi connectivity index (χ3v) is 5.25. The first-order chi connectivity index (χ1) is 13.8. The predicted octanol–water partition coefficient (Wildman–Crippen LogP) is -3.06. The molecular weight excluding hydrogens is 443 g/mol. The van der Waals surface area contributed by atoms with Gasteiger partial charge >= 0.3 is 41.7 Å². The van der Waals surface area contributed by atoms with Crippen molar-refractivity contribution in [1.82, 2.24) is 20.2 Å². The van der Waals surface area contributed by atoms with Gasteiger partial charge in [0.1, 0.15) is 11.6 Å². The summed E-state index contributed by atoms with van der Waals surface area (Å²) in [4.78, 5) is 39.9. The van der Waals surface area contributed by atoms with E-state index >= 15 is 0 Å². The molecule has 0 aliphatic carbocycles. The summed E-state index contributed by atoms with van der Waals surface area (Å²) in [6.45, 7) is 6.25. The number of amides is 4. The Kier molecular flexibility index (Phi) is 8.04. The van der Waals surface area contributed by atoms with Crippen LogP contribution in [-0.2, 0) is 24.2 Å².